The molecule has 1 aliphatic heterocycles. The van der Waals surface area contributed by atoms with Gasteiger partial charge in [-0.3, -0.25) is 14.6 Å². The monoisotopic (exact) mass is 418 g/mol. The summed E-state index contributed by atoms with van der Waals surface area (Å²) in [6.07, 6.45) is 3.45. The maximum Gasteiger partial charge on any atom is 0.256 e. The molecule has 4 rings (SSSR count). The molecule has 1 N–H and O–H groups in total. The first-order chi connectivity index (χ1) is 15.0. The van der Waals surface area contributed by atoms with Gasteiger partial charge in [-0.2, -0.15) is 0 Å². The van der Waals surface area contributed by atoms with E-state index in [9.17, 15) is 9.59 Å². The van der Waals surface area contributed by atoms with E-state index in [0.29, 0.717) is 24.3 Å². The predicted octanol–water partition coefficient (Wildman–Crippen LogP) is 2.80. The van der Waals surface area contributed by atoms with Crippen molar-refractivity contribution in [1.82, 2.24) is 19.8 Å². The maximum absolute atomic E-state index is 13.6. The molecule has 0 aliphatic carbocycles. The Morgan fingerprint density at radius 1 is 1.16 bits per heavy atom. The summed E-state index contributed by atoms with van der Waals surface area (Å²) < 4.78 is 8.01. The summed E-state index contributed by atoms with van der Waals surface area (Å²) in [6, 6.07) is 14.9. The van der Waals surface area contributed by atoms with E-state index >= 15 is 0 Å². The Balaban J connectivity index is 1.62. The predicted molar refractivity (Wildman–Crippen MR) is 118 cm³/mol. The number of ether oxygens (including phenoxy) is 1. The van der Waals surface area contributed by atoms with Gasteiger partial charge in [-0.25, -0.2) is 0 Å². The van der Waals surface area contributed by atoms with Crippen molar-refractivity contribution in [2.24, 2.45) is 7.05 Å². The van der Waals surface area contributed by atoms with Crippen LogP contribution in [0.2, 0.25) is 0 Å². The van der Waals surface area contributed by atoms with Crippen molar-refractivity contribution in [3.8, 4) is 17.0 Å². The van der Waals surface area contributed by atoms with E-state index in [1.54, 1.807) is 30.4 Å². The van der Waals surface area contributed by atoms with Crippen LogP contribution in [-0.4, -0.2) is 52.0 Å². The van der Waals surface area contributed by atoms with Gasteiger partial charge in [0.15, 0.2) is 0 Å². The van der Waals surface area contributed by atoms with Gasteiger partial charge >= 0.3 is 0 Å². The van der Waals surface area contributed by atoms with Gasteiger partial charge in [-0.15, -0.1) is 0 Å². The van der Waals surface area contributed by atoms with Gasteiger partial charge in [-0.05, 0) is 30.7 Å². The number of carbonyl (C=O) groups is 2. The zero-order valence-corrected chi connectivity index (χ0v) is 17.9. The molecule has 1 aromatic carbocycles. The highest BCUT2D eigenvalue weighted by Gasteiger charge is 2.41. The quantitative estimate of drug-likeness (QED) is 0.691. The molecule has 3 heterocycles. The third-order valence-electron chi connectivity index (χ3n) is 5.85. The Bertz CT molecular complexity index is 1080. The smallest absolute Gasteiger partial charge is 0.256 e. The average Bonchev–Trinajstić information content (AvgIpc) is 3.35. The molecule has 2 atom stereocenters. The summed E-state index contributed by atoms with van der Waals surface area (Å²) in [5, 5.41) is 2.68. The minimum absolute atomic E-state index is 0.166. The van der Waals surface area contributed by atoms with Crippen LogP contribution in [0.15, 0.2) is 60.9 Å². The summed E-state index contributed by atoms with van der Waals surface area (Å²) in [4.78, 5) is 31.8. The molecule has 1 aliphatic rings. The fraction of sp³-hybridized carbons (Fsp3) is 0.292. The highest BCUT2D eigenvalue weighted by molar-refractivity contribution is 6.00. The second-order valence-corrected chi connectivity index (χ2v) is 7.71. The second-order valence-electron chi connectivity index (χ2n) is 7.71. The molecule has 2 amide bonds. The molecule has 7 heteroatoms. The number of hydrogen-bond acceptors (Lipinski definition) is 4. The van der Waals surface area contributed by atoms with Gasteiger partial charge in [-0.1, -0.05) is 30.3 Å². The minimum atomic E-state index is -0.584. The van der Waals surface area contributed by atoms with Crippen LogP contribution in [0.1, 0.15) is 22.5 Å². The van der Waals surface area contributed by atoms with Crippen molar-refractivity contribution in [2.45, 2.75) is 25.5 Å². The molecule has 31 heavy (non-hydrogen) atoms. The van der Waals surface area contributed by atoms with Crippen LogP contribution in [0.4, 0.5) is 0 Å². The van der Waals surface area contributed by atoms with Crippen molar-refractivity contribution >= 4 is 11.8 Å². The number of pyridine rings is 1. The van der Waals surface area contributed by atoms with Gasteiger partial charge in [0.1, 0.15) is 17.9 Å². The van der Waals surface area contributed by atoms with Gasteiger partial charge in [0.2, 0.25) is 5.91 Å². The SMILES string of the molecule is CNC(=O)[C@@H]1C[C@H](Oc2cccnc2)CN1C(=O)c1cc(-c2ccccc2)n(C)c1C. The van der Waals surface area contributed by atoms with Gasteiger partial charge in [0.25, 0.3) is 5.91 Å². The number of nitrogens with one attached hydrogen (secondary N) is 1. The summed E-state index contributed by atoms with van der Waals surface area (Å²) >= 11 is 0. The lowest BCUT2D eigenvalue weighted by molar-refractivity contribution is -0.124. The van der Waals surface area contributed by atoms with Gasteiger partial charge < -0.3 is 19.5 Å². The molecule has 2 aromatic heterocycles. The van der Waals surface area contributed by atoms with E-state index in [2.05, 4.69) is 10.3 Å². The van der Waals surface area contributed by atoms with E-state index in [1.807, 2.05) is 61.0 Å². The zero-order valence-electron chi connectivity index (χ0n) is 17.9. The first-order valence-corrected chi connectivity index (χ1v) is 10.3. The lowest BCUT2D eigenvalue weighted by Gasteiger charge is -2.23. The highest BCUT2D eigenvalue weighted by Crippen LogP contribution is 2.29. The number of aromatic nitrogens is 2. The summed E-state index contributed by atoms with van der Waals surface area (Å²) in [5.74, 6) is 0.267. The molecule has 0 bridgehead atoms. The fourth-order valence-electron chi connectivity index (χ4n) is 4.09. The molecular weight excluding hydrogens is 392 g/mol. The molecule has 0 saturated carbocycles. The topological polar surface area (TPSA) is 76.5 Å². The van der Waals surface area contributed by atoms with Crippen LogP contribution in [0.3, 0.4) is 0 Å². The normalized spacial score (nSPS) is 18.1. The number of amides is 2. The van der Waals surface area contributed by atoms with Crippen molar-refractivity contribution in [3.63, 3.8) is 0 Å². The number of benzene rings is 1. The summed E-state index contributed by atoms with van der Waals surface area (Å²) in [7, 11) is 3.53. The molecule has 3 aromatic rings. The van der Waals surface area contributed by atoms with E-state index < -0.39 is 6.04 Å². The number of carbonyl (C=O) groups excluding carboxylic acids is 2. The van der Waals surface area contributed by atoms with Gasteiger partial charge in [0, 0.05) is 38.1 Å². The average molecular weight is 418 g/mol. The molecule has 0 spiro atoms. The molecule has 7 nitrogen and oxygen atoms in total. The van der Waals surface area contributed by atoms with E-state index in [4.69, 9.17) is 4.74 Å². The fourth-order valence-corrected chi connectivity index (χ4v) is 4.09. The number of likely N-dealkylation sites (N-methyl/N-ethyl adjacent to an activating group) is 1. The minimum Gasteiger partial charge on any atom is -0.487 e. The Morgan fingerprint density at radius 2 is 1.94 bits per heavy atom. The van der Waals surface area contributed by atoms with Crippen LogP contribution < -0.4 is 10.1 Å². The van der Waals surface area contributed by atoms with E-state index in [0.717, 1.165) is 17.0 Å². The lowest BCUT2D eigenvalue weighted by Crippen LogP contribution is -2.45. The zero-order chi connectivity index (χ0) is 22.0. The number of rotatable bonds is 5. The first-order valence-electron chi connectivity index (χ1n) is 10.3. The van der Waals surface area contributed by atoms with Crippen LogP contribution in [0.25, 0.3) is 11.3 Å². The Kier molecular flexibility index (Phi) is 5.75. The van der Waals surface area contributed by atoms with Crippen LogP contribution >= 0.6 is 0 Å². The van der Waals surface area contributed by atoms with Crippen LogP contribution in [-0.2, 0) is 11.8 Å². The third-order valence-corrected chi connectivity index (χ3v) is 5.85. The molecule has 1 saturated heterocycles. The molecule has 160 valence electrons. The van der Waals surface area contributed by atoms with E-state index in [1.165, 1.54) is 0 Å². The lowest BCUT2D eigenvalue weighted by atomic mass is 10.1. The summed E-state index contributed by atoms with van der Waals surface area (Å²) in [5.41, 5.74) is 3.45. The van der Waals surface area contributed by atoms with E-state index in [-0.39, 0.29) is 17.9 Å². The Morgan fingerprint density at radius 3 is 2.61 bits per heavy atom. The largest absolute Gasteiger partial charge is 0.487 e. The van der Waals surface area contributed by atoms with Crippen molar-refractivity contribution in [3.05, 3.63) is 72.2 Å². The highest BCUT2D eigenvalue weighted by atomic mass is 16.5. The Hall–Kier alpha value is -3.61. The molecule has 0 unspecified atom stereocenters. The first kappa shape index (κ1) is 20.7. The molecular formula is C24H26N4O3. The Labute approximate surface area is 181 Å². The van der Waals surface area contributed by atoms with Crippen molar-refractivity contribution in [1.29, 1.82) is 0 Å². The van der Waals surface area contributed by atoms with Gasteiger partial charge in [0.05, 0.1) is 18.3 Å². The summed E-state index contributed by atoms with van der Waals surface area (Å²) in [6.45, 7) is 2.26. The number of hydrogen-bond donors (Lipinski definition) is 1. The molecule has 0 radical (unpaired) electrons. The molecule has 1 fully saturated rings. The van der Waals surface area contributed by atoms with Crippen LogP contribution in [0, 0.1) is 6.92 Å². The van der Waals surface area contributed by atoms with Crippen LogP contribution in [0.5, 0.6) is 5.75 Å². The maximum atomic E-state index is 13.6. The number of likely N-dealkylation sites (tertiary alicyclic amines) is 1. The van der Waals surface area contributed by atoms with Crippen molar-refractivity contribution < 1.29 is 14.3 Å². The second kappa shape index (κ2) is 8.63. The standard InChI is InChI=1S/C24H26N4O3/c1-16-20(13-21(27(16)3)17-8-5-4-6-9-17)24(30)28-15-19(12-22(28)23(29)25-2)31-18-10-7-11-26-14-18/h4-11,13-14,19,22H,12,15H2,1-3H3,(H,25,29)/t19-,22-/m0/s1. The number of nitrogens with zero attached hydrogens (tertiary/aromatic N) is 3. The van der Waals surface area contributed by atoms with Crippen molar-refractivity contribution in [2.75, 3.05) is 13.6 Å². The third kappa shape index (κ3) is 4.03.